The van der Waals surface area contributed by atoms with Crippen LogP contribution in [-0.4, -0.2) is 23.3 Å². The molecule has 0 radical (unpaired) electrons. The first kappa shape index (κ1) is 14.8. The Morgan fingerprint density at radius 3 is 2.55 bits per heavy atom. The number of rotatable bonds is 5. The highest BCUT2D eigenvalue weighted by Gasteiger charge is 2.09. The molecule has 1 aromatic carbocycles. The molecule has 0 fully saturated rings. The molecule has 20 heavy (non-hydrogen) atoms. The Balaban J connectivity index is 1.97. The SMILES string of the molecule is COc1ccc(CC(O)Cc2ccc(Cl)c(F)c2)cn1. The molecule has 1 N–H and O–H groups in total. The van der Waals surface area contributed by atoms with Crippen LogP contribution in [0.25, 0.3) is 0 Å². The van der Waals surface area contributed by atoms with Gasteiger partial charge in [0.05, 0.1) is 18.2 Å². The van der Waals surface area contributed by atoms with E-state index < -0.39 is 11.9 Å². The third-order valence-corrected chi connectivity index (χ3v) is 3.24. The number of aliphatic hydroxyl groups is 1. The number of aromatic nitrogens is 1. The monoisotopic (exact) mass is 295 g/mol. The number of hydrogen-bond acceptors (Lipinski definition) is 3. The minimum absolute atomic E-state index is 0.0857. The second kappa shape index (κ2) is 6.68. The molecule has 2 aromatic rings. The smallest absolute Gasteiger partial charge is 0.212 e. The Morgan fingerprint density at radius 2 is 1.95 bits per heavy atom. The molecule has 3 nitrogen and oxygen atoms in total. The van der Waals surface area contributed by atoms with E-state index in [0.29, 0.717) is 24.3 Å². The predicted octanol–water partition coefficient (Wildman–Crippen LogP) is 3.03. The van der Waals surface area contributed by atoms with Crippen molar-refractivity contribution in [3.05, 3.63) is 58.5 Å². The minimum Gasteiger partial charge on any atom is -0.481 e. The number of benzene rings is 1. The van der Waals surface area contributed by atoms with Crippen LogP contribution in [0.2, 0.25) is 5.02 Å². The Bertz CT molecular complexity index is 575. The summed E-state index contributed by atoms with van der Waals surface area (Å²) in [5.74, 6) is 0.0606. The van der Waals surface area contributed by atoms with E-state index in [1.54, 1.807) is 25.4 Å². The summed E-state index contributed by atoms with van der Waals surface area (Å²) in [5.41, 5.74) is 1.61. The average Bonchev–Trinajstić information content (AvgIpc) is 2.44. The maximum Gasteiger partial charge on any atom is 0.212 e. The van der Waals surface area contributed by atoms with Gasteiger partial charge in [-0.25, -0.2) is 9.37 Å². The van der Waals surface area contributed by atoms with Crippen molar-refractivity contribution >= 4 is 11.6 Å². The molecule has 0 bridgehead atoms. The van der Waals surface area contributed by atoms with Gasteiger partial charge >= 0.3 is 0 Å². The molecule has 0 aliphatic carbocycles. The van der Waals surface area contributed by atoms with E-state index in [0.717, 1.165) is 5.56 Å². The number of methoxy groups -OCH3 is 1. The summed E-state index contributed by atoms with van der Waals surface area (Å²) >= 11 is 5.62. The van der Waals surface area contributed by atoms with E-state index in [1.165, 1.54) is 12.1 Å². The van der Waals surface area contributed by atoms with Crippen LogP contribution in [0.15, 0.2) is 36.5 Å². The van der Waals surface area contributed by atoms with Crippen LogP contribution in [0.4, 0.5) is 4.39 Å². The molecule has 1 unspecified atom stereocenters. The molecule has 0 saturated heterocycles. The first-order chi connectivity index (χ1) is 9.58. The highest BCUT2D eigenvalue weighted by molar-refractivity contribution is 6.30. The Morgan fingerprint density at radius 1 is 1.25 bits per heavy atom. The first-order valence-corrected chi connectivity index (χ1v) is 6.57. The molecule has 0 amide bonds. The van der Waals surface area contributed by atoms with E-state index in [1.807, 2.05) is 6.07 Å². The van der Waals surface area contributed by atoms with Gasteiger partial charge in [-0.15, -0.1) is 0 Å². The van der Waals surface area contributed by atoms with Crippen molar-refractivity contribution in [3.8, 4) is 5.88 Å². The standard InChI is InChI=1S/C15H15ClFNO2/c1-20-15-5-3-11(9-18-15)7-12(19)6-10-2-4-13(16)14(17)8-10/h2-5,8-9,12,19H,6-7H2,1H3. The van der Waals surface area contributed by atoms with Gasteiger partial charge in [0.2, 0.25) is 5.88 Å². The van der Waals surface area contributed by atoms with Gasteiger partial charge in [0, 0.05) is 18.7 Å². The van der Waals surface area contributed by atoms with Gasteiger partial charge in [-0.05, 0) is 29.7 Å². The third kappa shape index (κ3) is 3.92. The molecule has 0 aliphatic heterocycles. The van der Waals surface area contributed by atoms with Crippen molar-refractivity contribution in [2.45, 2.75) is 18.9 Å². The van der Waals surface area contributed by atoms with Gasteiger partial charge in [-0.1, -0.05) is 23.7 Å². The molecular weight excluding hydrogens is 281 g/mol. The number of aliphatic hydroxyl groups excluding tert-OH is 1. The van der Waals surface area contributed by atoms with Crippen molar-refractivity contribution < 1.29 is 14.2 Å². The Kier molecular flexibility index (Phi) is 4.93. The van der Waals surface area contributed by atoms with Crippen molar-refractivity contribution in [2.75, 3.05) is 7.11 Å². The number of hydrogen-bond donors (Lipinski definition) is 1. The molecule has 0 saturated carbocycles. The second-order valence-corrected chi connectivity index (χ2v) is 4.93. The summed E-state index contributed by atoms with van der Waals surface area (Å²) in [6.07, 6.45) is 1.86. The van der Waals surface area contributed by atoms with Crippen molar-refractivity contribution in [1.82, 2.24) is 4.98 Å². The summed E-state index contributed by atoms with van der Waals surface area (Å²) in [7, 11) is 1.55. The third-order valence-electron chi connectivity index (χ3n) is 2.93. The van der Waals surface area contributed by atoms with Gasteiger partial charge in [-0.2, -0.15) is 0 Å². The van der Waals surface area contributed by atoms with Crippen LogP contribution in [0.1, 0.15) is 11.1 Å². The lowest BCUT2D eigenvalue weighted by Gasteiger charge is -2.11. The Labute approximate surface area is 122 Å². The summed E-state index contributed by atoms with van der Waals surface area (Å²) in [5, 5.41) is 10.1. The molecular formula is C15H15ClFNO2. The summed E-state index contributed by atoms with van der Waals surface area (Å²) < 4.78 is 18.3. The van der Waals surface area contributed by atoms with Crippen molar-refractivity contribution in [3.63, 3.8) is 0 Å². The molecule has 106 valence electrons. The molecule has 0 spiro atoms. The zero-order valence-electron chi connectivity index (χ0n) is 11.0. The van der Waals surface area contributed by atoms with Gasteiger partial charge < -0.3 is 9.84 Å². The second-order valence-electron chi connectivity index (χ2n) is 4.52. The number of ether oxygens (including phenoxy) is 1. The summed E-state index contributed by atoms with van der Waals surface area (Å²) in [6, 6.07) is 8.13. The van der Waals surface area contributed by atoms with Crippen LogP contribution in [0.3, 0.4) is 0 Å². The maximum absolute atomic E-state index is 13.3. The quantitative estimate of drug-likeness (QED) is 0.922. The predicted molar refractivity (Wildman–Crippen MR) is 75.6 cm³/mol. The Hall–Kier alpha value is -1.65. The lowest BCUT2D eigenvalue weighted by molar-refractivity contribution is 0.175. The topological polar surface area (TPSA) is 42.4 Å². The highest BCUT2D eigenvalue weighted by Crippen LogP contribution is 2.17. The van der Waals surface area contributed by atoms with E-state index in [4.69, 9.17) is 16.3 Å². The fraction of sp³-hybridized carbons (Fsp3) is 0.267. The summed E-state index contributed by atoms with van der Waals surface area (Å²) in [4.78, 5) is 4.07. The zero-order valence-corrected chi connectivity index (χ0v) is 11.8. The van der Waals surface area contributed by atoms with E-state index in [2.05, 4.69) is 4.98 Å². The lowest BCUT2D eigenvalue weighted by Crippen LogP contribution is -2.14. The molecule has 1 atom stereocenters. The largest absolute Gasteiger partial charge is 0.481 e. The van der Waals surface area contributed by atoms with E-state index in [9.17, 15) is 9.50 Å². The molecule has 1 heterocycles. The average molecular weight is 296 g/mol. The molecule has 0 aliphatic rings. The zero-order chi connectivity index (χ0) is 14.5. The fourth-order valence-electron chi connectivity index (χ4n) is 1.94. The maximum atomic E-state index is 13.3. The lowest BCUT2D eigenvalue weighted by atomic mass is 10.0. The van der Waals surface area contributed by atoms with E-state index in [-0.39, 0.29) is 5.02 Å². The molecule has 5 heteroatoms. The first-order valence-electron chi connectivity index (χ1n) is 6.19. The van der Waals surface area contributed by atoms with Crippen molar-refractivity contribution in [2.24, 2.45) is 0 Å². The van der Waals surface area contributed by atoms with E-state index >= 15 is 0 Å². The minimum atomic E-state index is -0.606. The van der Waals surface area contributed by atoms with Crippen LogP contribution >= 0.6 is 11.6 Å². The number of nitrogens with zero attached hydrogens (tertiary/aromatic N) is 1. The highest BCUT2D eigenvalue weighted by atomic mass is 35.5. The molecule has 2 rings (SSSR count). The van der Waals surface area contributed by atoms with Crippen LogP contribution in [-0.2, 0) is 12.8 Å². The van der Waals surface area contributed by atoms with Crippen LogP contribution in [0, 0.1) is 5.82 Å². The summed E-state index contributed by atoms with van der Waals surface area (Å²) in [6.45, 7) is 0. The van der Waals surface area contributed by atoms with Crippen LogP contribution < -0.4 is 4.74 Å². The fourth-order valence-corrected chi connectivity index (χ4v) is 2.05. The van der Waals surface area contributed by atoms with Crippen molar-refractivity contribution in [1.29, 1.82) is 0 Å². The van der Waals surface area contributed by atoms with Gasteiger partial charge in [0.1, 0.15) is 5.82 Å². The van der Waals surface area contributed by atoms with Gasteiger partial charge in [0.15, 0.2) is 0 Å². The van der Waals surface area contributed by atoms with Gasteiger partial charge in [-0.3, -0.25) is 0 Å². The van der Waals surface area contributed by atoms with Gasteiger partial charge in [0.25, 0.3) is 0 Å². The number of pyridine rings is 1. The molecule has 1 aromatic heterocycles. The normalized spacial score (nSPS) is 12.2. The van der Waals surface area contributed by atoms with Crippen LogP contribution in [0.5, 0.6) is 5.88 Å². The number of halogens is 2.